The largest absolute Gasteiger partial charge is 0.373 e. The molecule has 0 aromatic heterocycles. The molecule has 0 radical (unpaired) electrons. The minimum Gasteiger partial charge on any atom is -0.293 e. The molecule has 0 aliphatic heterocycles. The molecule has 0 saturated carbocycles. The highest BCUT2D eigenvalue weighted by Gasteiger charge is 2.13. The van der Waals surface area contributed by atoms with Gasteiger partial charge in [-0.3, -0.25) is 4.89 Å². The average Bonchev–Trinajstić information content (AvgIpc) is 2.49. The molecular formula is C17H26O3. The van der Waals surface area contributed by atoms with Crippen molar-refractivity contribution in [1.82, 2.24) is 0 Å². The SMILES string of the molecule is CCCCCCC(CCC)OOC(=O)c1ccccc1. The molecule has 1 rings (SSSR count). The molecule has 0 aliphatic rings. The van der Waals surface area contributed by atoms with Crippen LogP contribution in [0.4, 0.5) is 0 Å². The van der Waals surface area contributed by atoms with Gasteiger partial charge in [-0.15, -0.1) is 0 Å². The number of unbranched alkanes of at least 4 members (excludes halogenated alkanes) is 3. The van der Waals surface area contributed by atoms with E-state index in [2.05, 4.69) is 13.8 Å². The van der Waals surface area contributed by atoms with Crippen molar-refractivity contribution in [2.45, 2.75) is 64.9 Å². The Morgan fingerprint density at radius 1 is 1.00 bits per heavy atom. The van der Waals surface area contributed by atoms with Crippen molar-refractivity contribution in [3.8, 4) is 0 Å². The molecule has 1 unspecified atom stereocenters. The fraction of sp³-hybridized carbons (Fsp3) is 0.588. The summed E-state index contributed by atoms with van der Waals surface area (Å²) in [5, 5.41) is 0. The van der Waals surface area contributed by atoms with Gasteiger partial charge in [0.25, 0.3) is 0 Å². The molecule has 0 fully saturated rings. The van der Waals surface area contributed by atoms with Crippen LogP contribution in [0.1, 0.15) is 69.2 Å². The van der Waals surface area contributed by atoms with E-state index in [-0.39, 0.29) is 6.10 Å². The van der Waals surface area contributed by atoms with E-state index in [4.69, 9.17) is 9.78 Å². The average molecular weight is 278 g/mol. The van der Waals surface area contributed by atoms with Crippen LogP contribution in [0.2, 0.25) is 0 Å². The monoisotopic (exact) mass is 278 g/mol. The molecule has 3 nitrogen and oxygen atoms in total. The molecule has 0 amide bonds. The third-order valence-electron chi connectivity index (χ3n) is 3.26. The van der Waals surface area contributed by atoms with Gasteiger partial charge in [-0.05, 0) is 25.0 Å². The van der Waals surface area contributed by atoms with Crippen molar-refractivity contribution in [2.24, 2.45) is 0 Å². The Balaban J connectivity index is 2.32. The van der Waals surface area contributed by atoms with Crippen LogP contribution >= 0.6 is 0 Å². The predicted molar refractivity (Wildman–Crippen MR) is 80.4 cm³/mol. The molecular weight excluding hydrogens is 252 g/mol. The maximum Gasteiger partial charge on any atom is 0.373 e. The first-order valence-electron chi connectivity index (χ1n) is 7.70. The van der Waals surface area contributed by atoms with Gasteiger partial charge >= 0.3 is 5.97 Å². The molecule has 1 atom stereocenters. The fourth-order valence-corrected chi connectivity index (χ4v) is 2.10. The van der Waals surface area contributed by atoms with Gasteiger partial charge in [0.2, 0.25) is 0 Å². The van der Waals surface area contributed by atoms with Crippen molar-refractivity contribution in [3.05, 3.63) is 35.9 Å². The Bertz CT molecular complexity index is 362. The summed E-state index contributed by atoms with van der Waals surface area (Å²) in [6, 6.07) is 8.94. The van der Waals surface area contributed by atoms with Crippen LogP contribution in [-0.2, 0) is 9.78 Å². The third kappa shape index (κ3) is 6.71. The fourth-order valence-electron chi connectivity index (χ4n) is 2.10. The topological polar surface area (TPSA) is 35.5 Å². The van der Waals surface area contributed by atoms with Gasteiger partial charge in [0, 0.05) is 0 Å². The van der Waals surface area contributed by atoms with E-state index in [1.165, 1.54) is 19.3 Å². The Morgan fingerprint density at radius 3 is 2.40 bits per heavy atom. The summed E-state index contributed by atoms with van der Waals surface area (Å²) in [6.07, 6.45) is 7.74. The van der Waals surface area contributed by atoms with Crippen LogP contribution in [0.15, 0.2) is 30.3 Å². The molecule has 0 spiro atoms. The molecule has 0 heterocycles. The number of hydrogen-bond donors (Lipinski definition) is 0. The third-order valence-corrected chi connectivity index (χ3v) is 3.26. The number of hydrogen-bond acceptors (Lipinski definition) is 3. The number of benzene rings is 1. The van der Waals surface area contributed by atoms with E-state index in [0.717, 1.165) is 25.7 Å². The van der Waals surface area contributed by atoms with Crippen LogP contribution in [0.5, 0.6) is 0 Å². The van der Waals surface area contributed by atoms with E-state index in [0.29, 0.717) is 5.56 Å². The number of carbonyl (C=O) groups excluding carboxylic acids is 1. The molecule has 0 N–H and O–H groups in total. The summed E-state index contributed by atoms with van der Waals surface area (Å²) < 4.78 is 0. The molecule has 112 valence electrons. The highest BCUT2D eigenvalue weighted by atomic mass is 17.2. The first-order valence-corrected chi connectivity index (χ1v) is 7.70. The summed E-state index contributed by atoms with van der Waals surface area (Å²) >= 11 is 0. The smallest absolute Gasteiger partial charge is 0.293 e. The van der Waals surface area contributed by atoms with Crippen LogP contribution in [0.3, 0.4) is 0 Å². The maximum absolute atomic E-state index is 11.8. The van der Waals surface area contributed by atoms with Crippen molar-refractivity contribution < 1.29 is 14.6 Å². The zero-order valence-electron chi connectivity index (χ0n) is 12.6. The number of rotatable bonds is 10. The first-order chi connectivity index (χ1) is 9.77. The van der Waals surface area contributed by atoms with E-state index >= 15 is 0 Å². The van der Waals surface area contributed by atoms with Crippen LogP contribution in [0.25, 0.3) is 0 Å². The van der Waals surface area contributed by atoms with Crippen LogP contribution in [-0.4, -0.2) is 12.1 Å². The summed E-state index contributed by atoms with van der Waals surface area (Å²) in [6.45, 7) is 4.31. The summed E-state index contributed by atoms with van der Waals surface area (Å²) in [4.78, 5) is 22.1. The van der Waals surface area contributed by atoms with Gasteiger partial charge in [-0.1, -0.05) is 64.2 Å². The van der Waals surface area contributed by atoms with Gasteiger partial charge in [-0.2, -0.15) is 4.89 Å². The Morgan fingerprint density at radius 2 is 1.75 bits per heavy atom. The standard InChI is InChI=1S/C17H26O3/c1-3-5-6-10-14-16(11-4-2)19-20-17(18)15-12-8-7-9-13-15/h7-9,12-13,16H,3-6,10-11,14H2,1-2H3. The zero-order chi connectivity index (χ0) is 14.6. The summed E-state index contributed by atoms with van der Waals surface area (Å²) in [7, 11) is 0. The molecule has 0 saturated heterocycles. The maximum atomic E-state index is 11.8. The number of carbonyl (C=O) groups is 1. The minimum atomic E-state index is -0.416. The van der Waals surface area contributed by atoms with E-state index in [1.54, 1.807) is 12.1 Å². The zero-order valence-corrected chi connectivity index (χ0v) is 12.6. The predicted octanol–water partition coefficient (Wildman–Crippen LogP) is 4.91. The molecule has 0 bridgehead atoms. The minimum absolute atomic E-state index is 0.0181. The van der Waals surface area contributed by atoms with Gasteiger partial charge in [0.15, 0.2) is 0 Å². The first kappa shape index (κ1) is 16.7. The Kier molecular flexibility index (Phi) is 8.72. The molecule has 20 heavy (non-hydrogen) atoms. The lowest BCUT2D eigenvalue weighted by molar-refractivity contribution is -0.277. The lowest BCUT2D eigenvalue weighted by Gasteiger charge is -2.15. The van der Waals surface area contributed by atoms with E-state index < -0.39 is 5.97 Å². The van der Waals surface area contributed by atoms with Crippen molar-refractivity contribution >= 4 is 5.97 Å². The molecule has 1 aromatic rings. The second kappa shape index (κ2) is 10.4. The Labute approximate surface area is 122 Å². The molecule has 1 aromatic carbocycles. The van der Waals surface area contributed by atoms with E-state index in [9.17, 15) is 4.79 Å². The second-order valence-corrected chi connectivity index (χ2v) is 5.09. The molecule has 3 heteroatoms. The molecule has 0 aliphatic carbocycles. The van der Waals surface area contributed by atoms with Gasteiger partial charge in [0.1, 0.15) is 6.10 Å². The normalized spacial score (nSPS) is 12.1. The van der Waals surface area contributed by atoms with Crippen molar-refractivity contribution in [1.29, 1.82) is 0 Å². The Hall–Kier alpha value is -1.35. The highest BCUT2D eigenvalue weighted by molar-refractivity contribution is 5.88. The van der Waals surface area contributed by atoms with Crippen molar-refractivity contribution in [2.75, 3.05) is 0 Å². The van der Waals surface area contributed by atoms with E-state index in [1.807, 2.05) is 18.2 Å². The second-order valence-electron chi connectivity index (χ2n) is 5.09. The van der Waals surface area contributed by atoms with Crippen LogP contribution in [0, 0.1) is 0 Å². The lowest BCUT2D eigenvalue weighted by atomic mass is 10.1. The van der Waals surface area contributed by atoms with Gasteiger partial charge in [0.05, 0.1) is 5.56 Å². The van der Waals surface area contributed by atoms with Crippen molar-refractivity contribution in [3.63, 3.8) is 0 Å². The quantitative estimate of drug-likeness (QED) is 0.346. The highest BCUT2D eigenvalue weighted by Crippen LogP contribution is 2.14. The van der Waals surface area contributed by atoms with Gasteiger partial charge < -0.3 is 0 Å². The summed E-state index contributed by atoms with van der Waals surface area (Å²) in [5.41, 5.74) is 0.522. The lowest BCUT2D eigenvalue weighted by Crippen LogP contribution is -2.16. The summed E-state index contributed by atoms with van der Waals surface area (Å²) in [5.74, 6) is -0.416. The van der Waals surface area contributed by atoms with Crippen LogP contribution < -0.4 is 0 Å². The van der Waals surface area contributed by atoms with Gasteiger partial charge in [-0.25, -0.2) is 4.79 Å².